The molecule has 0 spiro atoms. The van der Waals surface area contributed by atoms with Crippen LogP contribution in [0.5, 0.6) is 0 Å². The van der Waals surface area contributed by atoms with Crippen LogP contribution in [0.3, 0.4) is 0 Å². The van der Waals surface area contributed by atoms with Gasteiger partial charge in [0.25, 0.3) is 5.89 Å². The summed E-state index contributed by atoms with van der Waals surface area (Å²) in [6.07, 6.45) is 4.90. The van der Waals surface area contributed by atoms with E-state index in [0.717, 1.165) is 27.8 Å². The molecule has 1 atom stereocenters. The van der Waals surface area contributed by atoms with Crippen LogP contribution in [-0.4, -0.2) is 48.9 Å². The molecule has 0 aliphatic carbocycles. The summed E-state index contributed by atoms with van der Waals surface area (Å²) in [6.45, 7) is 3.63. The summed E-state index contributed by atoms with van der Waals surface area (Å²) in [5.74, 6) is 1.32. The molecule has 1 aliphatic rings. The van der Waals surface area contributed by atoms with Crippen molar-refractivity contribution < 1.29 is 19.3 Å². The van der Waals surface area contributed by atoms with E-state index in [-0.39, 0.29) is 12.5 Å². The Kier molecular flexibility index (Phi) is 6.72. The largest absolute Gasteiger partial charge is 0.492 e. The summed E-state index contributed by atoms with van der Waals surface area (Å²) in [5.41, 5.74) is 3.79. The van der Waals surface area contributed by atoms with Gasteiger partial charge in [0.1, 0.15) is 11.4 Å². The summed E-state index contributed by atoms with van der Waals surface area (Å²) in [5, 5.41) is 31.1. The quantitative estimate of drug-likeness (QED) is 0.216. The topological polar surface area (TPSA) is 151 Å². The number of pyridine rings is 1. The average Bonchev–Trinajstić information content (AvgIpc) is 3.55. The van der Waals surface area contributed by atoms with Crippen molar-refractivity contribution in [2.24, 2.45) is 0 Å². The number of hydrogen-bond donors (Lipinski definition) is 4. The molecule has 0 amide bonds. The van der Waals surface area contributed by atoms with Gasteiger partial charge in [0.2, 0.25) is 11.8 Å². The molecule has 5 aromatic rings. The minimum absolute atomic E-state index is 0.176. The van der Waals surface area contributed by atoms with Crippen LogP contribution >= 0.6 is 0 Å². The summed E-state index contributed by atoms with van der Waals surface area (Å²) in [7, 11) is -0.967. The molecule has 0 bridgehead atoms. The second-order valence-corrected chi connectivity index (χ2v) is 9.81. The lowest BCUT2D eigenvalue weighted by Crippen LogP contribution is -2.28. The van der Waals surface area contributed by atoms with Crippen LogP contribution in [0.4, 0.5) is 17.5 Å². The Bertz CT molecular complexity index is 1630. The zero-order valence-electron chi connectivity index (χ0n) is 21.8. The number of anilines is 3. The van der Waals surface area contributed by atoms with Crippen molar-refractivity contribution in [2.75, 3.05) is 17.2 Å². The normalized spacial score (nSPS) is 14.6. The number of benzene rings is 2. The average molecular weight is 535 g/mol. The summed E-state index contributed by atoms with van der Waals surface area (Å²) >= 11 is 0. The minimum atomic E-state index is -0.967. The number of aliphatic hydroxyl groups excluding tert-OH is 1. The van der Waals surface area contributed by atoms with E-state index in [2.05, 4.69) is 30.7 Å². The lowest BCUT2D eigenvalue weighted by Gasteiger charge is -2.21. The minimum Gasteiger partial charge on any atom is -0.423 e. The fraction of sp³-hybridized carbons (Fsp3) is 0.179. The highest BCUT2D eigenvalue weighted by Gasteiger charge is 2.40. The molecular weight excluding hydrogens is 509 g/mol. The van der Waals surface area contributed by atoms with Crippen LogP contribution < -0.4 is 16.1 Å². The molecule has 11 nitrogen and oxygen atoms in total. The fourth-order valence-electron chi connectivity index (χ4n) is 4.65. The maximum absolute atomic E-state index is 10.2. The van der Waals surface area contributed by atoms with E-state index in [9.17, 15) is 10.1 Å². The smallest absolute Gasteiger partial charge is 0.423 e. The number of aliphatic hydroxyl groups is 1. The fourth-order valence-corrected chi connectivity index (χ4v) is 4.65. The number of nitrogens with one attached hydrogen (secondary N) is 2. The molecule has 4 heterocycles. The van der Waals surface area contributed by atoms with Gasteiger partial charge in [0.15, 0.2) is 0 Å². The van der Waals surface area contributed by atoms with Crippen molar-refractivity contribution in [2.45, 2.75) is 25.5 Å². The molecule has 3 aromatic heterocycles. The lowest BCUT2D eigenvalue weighted by atomic mass is 9.78. The van der Waals surface area contributed by atoms with Gasteiger partial charge in [-0.05, 0) is 54.7 Å². The zero-order chi connectivity index (χ0) is 27.7. The van der Waals surface area contributed by atoms with Crippen molar-refractivity contribution in [3.63, 3.8) is 0 Å². The van der Waals surface area contributed by atoms with Gasteiger partial charge >= 0.3 is 7.12 Å². The first-order valence-corrected chi connectivity index (χ1v) is 12.7. The van der Waals surface area contributed by atoms with Crippen LogP contribution in [-0.2, 0) is 10.3 Å². The van der Waals surface area contributed by atoms with Gasteiger partial charge in [0.05, 0.1) is 18.2 Å². The van der Waals surface area contributed by atoms with Crippen LogP contribution in [0.1, 0.15) is 31.0 Å². The third-order valence-electron chi connectivity index (χ3n) is 6.71. The molecule has 0 fully saturated rings. The van der Waals surface area contributed by atoms with E-state index in [1.54, 1.807) is 30.7 Å². The summed E-state index contributed by atoms with van der Waals surface area (Å²) < 4.78 is 11.3. The van der Waals surface area contributed by atoms with Gasteiger partial charge in [-0.2, -0.15) is 9.97 Å². The van der Waals surface area contributed by atoms with E-state index >= 15 is 0 Å². The van der Waals surface area contributed by atoms with Gasteiger partial charge in [-0.25, -0.2) is 4.98 Å². The third kappa shape index (κ3) is 5.03. The molecular formula is C28H26BN7O4. The Balaban J connectivity index is 1.36. The van der Waals surface area contributed by atoms with Crippen molar-refractivity contribution in [3.8, 4) is 22.8 Å². The van der Waals surface area contributed by atoms with Crippen LogP contribution in [0.2, 0.25) is 0 Å². The molecule has 0 unspecified atom stereocenters. The van der Waals surface area contributed by atoms with Crippen LogP contribution in [0.15, 0.2) is 83.8 Å². The Hall–Kier alpha value is -4.65. The molecule has 6 rings (SSSR count). The Morgan fingerprint density at radius 3 is 2.60 bits per heavy atom. The first-order valence-electron chi connectivity index (χ1n) is 12.7. The number of fused-ring (bicyclic) bond motifs is 1. The predicted molar refractivity (Wildman–Crippen MR) is 150 cm³/mol. The maximum atomic E-state index is 10.2. The summed E-state index contributed by atoms with van der Waals surface area (Å²) in [6, 6.07) is 18.3. The Labute approximate surface area is 230 Å². The summed E-state index contributed by atoms with van der Waals surface area (Å²) in [4.78, 5) is 17.8. The highest BCUT2D eigenvalue weighted by molar-refractivity contribution is 6.62. The highest BCUT2D eigenvalue weighted by Crippen LogP contribution is 2.33. The maximum Gasteiger partial charge on any atom is 0.492 e. The highest BCUT2D eigenvalue weighted by atomic mass is 16.5. The lowest BCUT2D eigenvalue weighted by molar-refractivity contribution is 0.101. The zero-order valence-corrected chi connectivity index (χ0v) is 21.8. The first-order chi connectivity index (χ1) is 19.4. The van der Waals surface area contributed by atoms with Gasteiger partial charge in [-0.15, -0.1) is 0 Å². The molecule has 4 N–H and O–H groups in total. The first kappa shape index (κ1) is 25.6. The second-order valence-electron chi connectivity index (χ2n) is 9.81. The molecule has 12 heteroatoms. The van der Waals surface area contributed by atoms with Gasteiger partial charge in [0, 0.05) is 29.8 Å². The van der Waals surface area contributed by atoms with Crippen molar-refractivity contribution in [3.05, 3.63) is 90.4 Å². The number of rotatable bonds is 8. The molecule has 2 aromatic carbocycles. The SMILES string of the molecule is CC1(C)OB(O)c2ccc(Nc3ncc(-c4nc(-c5ccncc5)no4)c(N[C@H](CO)c4ccccc4)n3)cc21. The van der Waals surface area contributed by atoms with Crippen LogP contribution in [0, 0.1) is 0 Å². The van der Waals surface area contributed by atoms with Crippen molar-refractivity contribution >= 4 is 30.0 Å². The number of nitrogens with zero attached hydrogens (tertiary/aromatic N) is 5. The second kappa shape index (κ2) is 10.5. The number of hydrogen-bond acceptors (Lipinski definition) is 11. The number of aromatic nitrogens is 5. The van der Waals surface area contributed by atoms with E-state index in [1.807, 2.05) is 62.4 Å². The predicted octanol–water partition coefficient (Wildman–Crippen LogP) is 3.43. The molecule has 0 saturated heterocycles. The van der Waals surface area contributed by atoms with Gasteiger partial charge in [-0.1, -0.05) is 41.6 Å². The Morgan fingerprint density at radius 2 is 1.82 bits per heavy atom. The molecule has 40 heavy (non-hydrogen) atoms. The molecule has 0 saturated carbocycles. The molecule has 0 radical (unpaired) electrons. The van der Waals surface area contributed by atoms with E-state index < -0.39 is 18.8 Å². The van der Waals surface area contributed by atoms with Crippen molar-refractivity contribution in [1.29, 1.82) is 0 Å². The van der Waals surface area contributed by atoms with E-state index in [1.165, 1.54) is 0 Å². The van der Waals surface area contributed by atoms with Crippen LogP contribution in [0.25, 0.3) is 22.8 Å². The van der Waals surface area contributed by atoms with E-state index in [4.69, 9.17) is 14.2 Å². The van der Waals surface area contributed by atoms with E-state index in [0.29, 0.717) is 23.2 Å². The standard InChI is InChI=1S/C28H26BN7O4/c1-28(2)21-14-19(8-9-22(21)29(38)40-28)32-27-31-15-20(26-34-24(36-39-26)18-10-12-30-13-11-18)25(35-27)33-23(16-37)17-6-4-3-5-7-17/h3-15,23,37-38H,16H2,1-2H3,(H2,31,32,33,35)/t23-/m1/s1. The van der Waals surface area contributed by atoms with Crippen molar-refractivity contribution in [1.82, 2.24) is 25.1 Å². The molecule has 200 valence electrons. The monoisotopic (exact) mass is 535 g/mol. The Morgan fingerprint density at radius 1 is 1.02 bits per heavy atom. The van der Waals surface area contributed by atoms with Gasteiger partial charge in [-0.3, -0.25) is 4.98 Å². The van der Waals surface area contributed by atoms with Gasteiger partial charge < -0.3 is 29.9 Å². The third-order valence-corrected chi connectivity index (χ3v) is 6.71. The molecule has 1 aliphatic heterocycles.